The van der Waals surface area contributed by atoms with E-state index in [1.807, 2.05) is 41.4 Å². The smallest absolute Gasteiger partial charge is 0.282 e. The molecule has 4 heterocycles. The molecule has 2 aromatic heterocycles. The summed E-state index contributed by atoms with van der Waals surface area (Å²) in [5.41, 5.74) is 0.894. The van der Waals surface area contributed by atoms with Crippen molar-refractivity contribution in [3.63, 3.8) is 0 Å². The molecule has 0 unspecified atom stereocenters. The fourth-order valence-electron chi connectivity index (χ4n) is 4.00. The zero-order valence-electron chi connectivity index (χ0n) is 16.3. The molecule has 1 amide bonds. The van der Waals surface area contributed by atoms with E-state index in [4.69, 9.17) is 4.98 Å². The van der Waals surface area contributed by atoms with Gasteiger partial charge in [-0.25, -0.2) is 9.97 Å². The molecule has 2 aliphatic rings. The number of anilines is 2. The summed E-state index contributed by atoms with van der Waals surface area (Å²) in [5, 5.41) is 0.578. The third-order valence-corrected chi connectivity index (χ3v) is 6.66. The summed E-state index contributed by atoms with van der Waals surface area (Å²) in [6, 6.07) is 9.87. The van der Waals surface area contributed by atoms with Gasteiger partial charge >= 0.3 is 0 Å². The van der Waals surface area contributed by atoms with Crippen LogP contribution < -0.4 is 9.80 Å². The Morgan fingerprint density at radius 2 is 1.66 bits per heavy atom. The predicted molar refractivity (Wildman–Crippen MR) is 116 cm³/mol. The second-order valence-corrected chi connectivity index (χ2v) is 8.56. The third-order valence-electron chi connectivity index (χ3n) is 5.63. The Kier molecular flexibility index (Phi) is 5.01. The van der Waals surface area contributed by atoms with Crippen molar-refractivity contribution in [1.82, 2.24) is 19.9 Å². The fraction of sp³-hybridized carbons (Fsp3) is 0.429. The molecule has 29 heavy (non-hydrogen) atoms. The van der Waals surface area contributed by atoms with Gasteiger partial charge in [-0.05, 0) is 37.5 Å². The van der Waals surface area contributed by atoms with Gasteiger partial charge in [-0.3, -0.25) is 4.79 Å². The summed E-state index contributed by atoms with van der Waals surface area (Å²) in [7, 11) is 0. The number of hydrogen-bond donors (Lipinski definition) is 0. The van der Waals surface area contributed by atoms with Crippen molar-refractivity contribution in [2.75, 3.05) is 49.1 Å². The number of nitrogens with zero attached hydrogens (tertiary/aromatic N) is 6. The van der Waals surface area contributed by atoms with Crippen LogP contribution in [0, 0.1) is 0 Å². The number of thiazole rings is 1. The number of aromatic nitrogens is 3. The number of piperazine rings is 1. The van der Waals surface area contributed by atoms with Crippen molar-refractivity contribution in [2.24, 2.45) is 0 Å². The fourth-order valence-corrected chi connectivity index (χ4v) is 4.93. The molecule has 0 atom stereocenters. The van der Waals surface area contributed by atoms with E-state index in [1.54, 1.807) is 0 Å². The van der Waals surface area contributed by atoms with E-state index in [9.17, 15) is 4.79 Å². The van der Waals surface area contributed by atoms with Gasteiger partial charge in [0.1, 0.15) is 5.82 Å². The molecule has 0 spiro atoms. The highest BCUT2D eigenvalue weighted by Gasteiger charge is 2.25. The summed E-state index contributed by atoms with van der Waals surface area (Å²) in [6.07, 6.45) is 5.56. The molecule has 2 saturated heterocycles. The van der Waals surface area contributed by atoms with E-state index >= 15 is 0 Å². The number of fused-ring (bicyclic) bond motifs is 1. The normalized spacial score (nSPS) is 17.7. The van der Waals surface area contributed by atoms with E-state index in [0.717, 1.165) is 48.2 Å². The van der Waals surface area contributed by atoms with Crippen molar-refractivity contribution in [1.29, 1.82) is 0 Å². The van der Waals surface area contributed by atoms with Crippen molar-refractivity contribution < 1.29 is 4.79 Å². The number of rotatable bonds is 3. The van der Waals surface area contributed by atoms with E-state index < -0.39 is 0 Å². The van der Waals surface area contributed by atoms with Crippen LogP contribution in [-0.4, -0.2) is 65.0 Å². The van der Waals surface area contributed by atoms with Crippen LogP contribution in [0.1, 0.15) is 29.1 Å². The molecular weight excluding hydrogens is 384 g/mol. The van der Waals surface area contributed by atoms with Crippen LogP contribution in [-0.2, 0) is 0 Å². The molecule has 0 N–H and O–H groups in total. The number of amides is 1. The van der Waals surface area contributed by atoms with Gasteiger partial charge in [0.25, 0.3) is 5.91 Å². The van der Waals surface area contributed by atoms with E-state index in [0.29, 0.717) is 18.1 Å². The third kappa shape index (κ3) is 3.76. The molecule has 0 radical (unpaired) electrons. The zero-order chi connectivity index (χ0) is 19.6. The van der Waals surface area contributed by atoms with E-state index in [-0.39, 0.29) is 5.91 Å². The number of para-hydroxylation sites is 1. The van der Waals surface area contributed by atoms with Crippen LogP contribution in [0.2, 0.25) is 0 Å². The summed E-state index contributed by atoms with van der Waals surface area (Å²) >= 11 is 1.47. The monoisotopic (exact) mass is 408 g/mol. The SMILES string of the molecule is O=C(c1nc2ccccc2s1)N1CCN(c2ccnc(N3CCCCC3)n2)CC1. The van der Waals surface area contributed by atoms with E-state index in [1.165, 1.54) is 30.6 Å². The first kappa shape index (κ1) is 18.3. The van der Waals surface area contributed by atoms with Crippen LogP contribution in [0.3, 0.4) is 0 Å². The lowest BCUT2D eigenvalue weighted by Gasteiger charge is -2.35. The highest BCUT2D eigenvalue weighted by molar-refractivity contribution is 7.20. The maximum atomic E-state index is 12.9. The molecule has 0 aliphatic carbocycles. The number of hydrogen-bond acceptors (Lipinski definition) is 7. The van der Waals surface area contributed by atoms with Crippen LogP contribution in [0.4, 0.5) is 11.8 Å². The van der Waals surface area contributed by atoms with Gasteiger partial charge in [0, 0.05) is 45.5 Å². The van der Waals surface area contributed by atoms with Crippen LogP contribution in [0.5, 0.6) is 0 Å². The van der Waals surface area contributed by atoms with Crippen molar-refractivity contribution >= 4 is 39.2 Å². The molecule has 7 nitrogen and oxygen atoms in total. The van der Waals surface area contributed by atoms with E-state index in [2.05, 4.69) is 19.8 Å². The second-order valence-electron chi connectivity index (χ2n) is 7.53. The molecule has 5 rings (SSSR count). The molecular formula is C21H24N6OS. The summed E-state index contributed by atoms with van der Waals surface area (Å²) in [4.78, 5) is 33.1. The average Bonchev–Trinajstić information content (AvgIpc) is 3.24. The number of carbonyl (C=O) groups is 1. The van der Waals surface area contributed by atoms with Crippen molar-refractivity contribution in [3.05, 3.63) is 41.5 Å². The molecule has 150 valence electrons. The second kappa shape index (κ2) is 7.94. The quantitative estimate of drug-likeness (QED) is 0.664. The van der Waals surface area contributed by atoms with Gasteiger partial charge in [0.15, 0.2) is 5.01 Å². The van der Waals surface area contributed by atoms with Gasteiger partial charge in [0.2, 0.25) is 5.95 Å². The molecule has 8 heteroatoms. The molecule has 1 aromatic carbocycles. The van der Waals surface area contributed by atoms with Crippen LogP contribution in [0.25, 0.3) is 10.2 Å². The zero-order valence-corrected chi connectivity index (χ0v) is 17.1. The summed E-state index contributed by atoms with van der Waals surface area (Å²) in [6.45, 7) is 4.97. The summed E-state index contributed by atoms with van der Waals surface area (Å²) < 4.78 is 1.06. The number of carbonyl (C=O) groups excluding carboxylic acids is 1. The first-order valence-corrected chi connectivity index (χ1v) is 11.1. The van der Waals surface area contributed by atoms with Crippen LogP contribution >= 0.6 is 11.3 Å². The Morgan fingerprint density at radius 1 is 0.862 bits per heavy atom. The van der Waals surface area contributed by atoms with Crippen molar-refractivity contribution in [2.45, 2.75) is 19.3 Å². The molecule has 2 fully saturated rings. The topological polar surface area (TPSA) is 65.5 Å². The molecule has 0 saturated carbocycles. The Hall–Kier alpha value is -2.74. The lowest BCUT2D eigenvalue weighted by Crippen LogP contribution is -2.49. The van der Waals surface area contributed by atoms with Crippen molar-refractivity contribution in [3.8, 4) is 0 Å². The largest absolute Gasteiger partial charge is 0.353 e. The van der Waals surface area contributed by atoms with Gasteiger partial charge in [-0.1, -0.05) is 12.1 Å². The number of piperidine rings is 1. The highest BCUT2D eigenvalue weighted by atomic mass is 32.1. The maximum absolute atomic E-state index is 12.9. The Labute approximate surface area is 174 Å². The Balaban J connectivity index is 1.25. The van der Waals surface area contributed by atoms with Crippen LogP contribution in [0.15, 0.2) is 36.5 Å². The minimum Gasteiger partial charge on any atom is -0.353 e. The maximum Gasteiger partial charge on any atom is 0.282 e. The molecule has 2 aliphatic heterocycles. The molecule has 3 aromatic rings. The standard InChI is InChI=1S/C21H24N6OS/c28-20(19-23-16-6-2-3-7-17(16)29-19)26-14-12-25(13-15-26)18-8-9-22-21(24-18)27-10-4-1-5-11-27/h2-3,6-9H,1,4-5,10-15H2. The minimum absolute atomic E-state index is 0.0301. The first-order valence-electron chi connectivity index (χ1n) is 10.3. The Morgan fingerprint density at radius 3 is 2.45 bits per heavy atom. The summed E-state index contributed by atoms with van der Waals surface area (Å²) in [5.74, 6) is 1.81. The Bertz CT molecular complexity index is 974. The molecule has 0 bridgehead atoms. The average molecular weight is 409 g/mol. The highest BCUT2D eigenvalue weighted by Crippen LogP contribution is 2.24. The number of benzene rings is 1. The lowest BCUT2D eigenvalue weighted by atomic mass is 10.1. The predicted octanol–water partition coefficient (Wildman–Crippen LogP) is 3.04. The first-order chi connectivity index (χ1) is 14.3. The van der Waals surface area contributed by atoms with Gasteiger partial charge < -0.3 is 14.7 Å². The van der Waals surface area contributed by atoms with Gasteiger partial charge in [-0.2, -0.15) is 4.98 Å². The lowest BCUT2D eigenvalue weighted by molar-refractivity contribution is 0.0746. The van der Waals surface area contributed by atoms with Gasteiger partial charge in [-0.15, -0.1) is 11.3 Å². The van der Waals surface area contributed by atoms with Gasteiger partial charge in [0.05, 0.1) is 10.2 Å². The minimum atomic E-state index is 0.0301.